The summed E-state index contributed by atoms with van der Waals surface area (Å²) in [7, 11) is 0. The SMILES string of the molecule is Cc1nn(CC(C)(C)C)c2ncc(Nc3n[nH]c4cccnc34)cc12. The van der Waals surface area contributed by atoms with Gasteiger partial charge in [-0.3, -0.25) is 10.1 Å². The molecule has 0 saturated heterocycles. The number of aromatic amines is 1. The minimum atomic E-state index is 0.142. The zero-order valence-electron chi connectivity index (χ0n) is 14.8. The molecule has 7 heteroatoms. The Labute approximate surface area is 145 Å². The van der Waals surface area contributed by atoms with Gasteiger partial charge in [-0.15, -0.1) is 0 Å². The van der Waals surface area contributed by atoms with Crippen molar-refractivity contribution >= 4 is 33.6 Å². The molecule has 4 aromatic heterocycles. The Morgan fingerprint density at radius 3 is 2.88 bits per heavy atom. The molecule has 0 aliphatic rings. The summed E-state index contributed by atoms with van der Waals surface area (Å²) in [5, 5.41) is 16.3. The lowest BCUT2D eigenvalue weighted by Gasteiger charge is -2.18. The Balaban J connectivity index is 1.71. The number of pyridine rings is 2. The number of hydrogen-bond acceptors (Lipinski definition) is 5. The van der Waals surface area contributed by atoms with Crippen LogP contribution < -0.4 is 5.32 Å². The second-order valence-corrected chi connectivity index (χ2v) is 7.50. The maximum Gasteiger partial charge on any atom is 0.178 e. The summed E-state index contributed by atoms with van der Waals surface area (Å²) in [5.74, 6) is 0.691. The first kappa shape index (κ1) is 15.6. The molecule has 128 valence electrons. The first-order valence-corrected chi connectivity index (χ1v) is 8.30. The zero-order chi connectivity index (χ0) is 17.6. The molecule has 0 aliphatic heterocycles. The third kappa shape index (κ3) is 2.93. The van der Waals surface area contributed by atoms with Crippen LogP contribution in [0.5, 0.6) is 0 Å². The number of nitrogens with zero attached hydrogens (tertiary/aromatic N) is 5. The summed E-state index contributed by atoms with van der Waals surface area (Å²) in [6.45, 7) is 9.42. The van der Waals surface area contributed by atoms with Gasteiger partial charge in [0, 0.05) is 18.1 Å². The number of aryl methyl sites for hydroxylation is 1. The van der Waals surface area contributed by atoms with Gasteiger partial charge < -0.3 is 5.32 Å². The monoisotopic (exact) mass is 335 g/mol. The molecule has 4 rings (SSSR count). The van der Waals surface area contributed by atoms with Crippen LogP contribution >= 0.6 is 0 Å². The fourth-order valence-electron chi connectivity index (χ4n) is 2.92. The van der Waals surface area contributed by atoms with Crippen LogP contribution in [0, 0.1) is 12.3 Å². The van der Waals surface area contributed by atoms with Crippen LogP contribution in [0.1, 0.15) is 26.5 Å². The molecule has 0 saturated carbocycles. The van der Waals surface area contributed by atoms with Gasteiger partial charge in [-0.1, -0.05) is 20.8 Å². The third-order valence-electron chi connectivity index (χ3n) is 3.98. The van der Waals surface area contributed by atoms with Crippen molar-refractivity contribution in [1.82, 2.24) is 29.9 Å². The largest absolute Gasteiger partial charge is 0.336 e. The molecule has 4 aromatic rings. The number of fused-ring (bicyclic) bond motifs is 2. The Bertz CT molecular complexity index is 1050. The van der Waals surface area contributed by atoms with E-state index in [1.165, 1.54) is 0 Å². The average molecular weight is 335 g/mol. The van der Waals surface area contributed by atoms with E-state index in [4.69, 9.17) is 0 Å². The van der Waals surface area contributed by atoms with Crippen LogP contribution in [0.2, 0.25) is 0 Å². The average Bonchev–Trinajstić information content (AvgIpc) is 3.08. The molecular weight excluding hydrogens is 314 g/mol. The number of aromatic nitrogens is 6. The lowest BCUT2D eigenvalue weighted by molar-refractivity contribution is 0.329. The lowest BCUT2D eigenvalue weighted by Crippen LogP contribution is -2.16. The third-order valence-corrected chi connectivity index (χ3v) is 3.98. The van der Waals surface area contributed by atoms with E-state index >= 15 is 0 Å². The van der Waals surface area contributed by atoms with E-state index in [-0.39, 0.29) is 5.41 Å². The van der Waals surface area contributed by atoms with E-state index in [9.17, 15) is 0 Å². The van der Waals surface area contributed by atoms with Crippen LogP contribution in [0.25, 0.3) is 22.1 Å². The van der Waals surface area contributed by atoms with Gasteiger partial charge in [-0.2, -0.15) is 10.2 Å². The molecule has 0 aromatic carbocycles. The predicted octanol–water partition coefficient (Wildman–Crippen LogP) is 3.80. The van der Waals surface area contributed by atoms with Crippen molar-refractivity contribution in [2.75, 3.05) is 5.32 Å². The number of anilines is 2. The van der Waals surface area contributed by atoms with Crippen molar-refractivity contribution in [1.29, 1.82) is 0 Å². The highest BCUT2D eigenvalue weighted by Gasteiger charge is 2.17. The summed E-state index contributed by atoms with van der Waals surface area (Å²) in [4.78, 5) is 8.99. The zero-order valence-corrected chi connectivity index (χ0v) is 14.8. The molecule has 0 unspecified atom stereocenters. The molecule has 7 nitrogen and oxygen atoms in total. The van der Waals surface area contributed by atoms with Crippen molar-refractivity contribution in [3.05, 3.63) is 36.3 Å². The molecule has 0 atom stereocenters. The predicted molar refractivity (Wildman–Crippen MR) is 98.9 cm³/mol. The molecule has 2 N–H and O–H groups in total. The minimum Gasteiger partial charge on any atom is -0.336 e. The van der Waals surface area contributed by atoms with Crippen molar-refractivity contribution in [3.63, 3.8) is 0 Å². The van der Waals surface area contributed by atoms with Gasteiger partial charge >= 0.3 is 0 Å². The Morgan fingerprint density at radius 2 is 2.08 bits per heavy atom. The maximum atomic E-state index is 4.66. The van der Waals surface area contributed by atoms with Crippen molar-refractivity contribution < 1.29 is 0 Å². The smallest absolute Gasteiger partial charge is 0.178 e. The van der Waals surface area contributed by atoms with E-state index in [0.717, 1.165) is 40.0 Å². The quantitative estimate of drug-likeness (QED) is 0.595. The molecular formula is C18H21N7. The van der Waals surface area contributed by atoms with Crippen LogP contribution in [0.15, 0.2) is 30.6 Å². The summed E-state index contributed by atoms with van der Waals surface area (Å²) >= 11 is 0. The van der Waals surface area contributed by atoms with E-state index in [1.807, 2.05) is 29.9 Å². The number of nitrogens with one attached hydrogen (secondary N) is 2. The van der Waals surface area contributed by atoms with Crippen LogP contribution in [-0.2, 0) is 6.54 Å². The van der Waals surface area contributed by atoms with Crippen molar-refractivity contribution in [2.24, 2.45) is 5.41 Å². The van der Waals surface area contributed by atoms with Gasteiger partial charge in [-0.05, 0) is 30.5 Å². The molecule has 0 aliphatic carbocycles. The molecule has 0 amide bonds. The second-order valence-electron chi connectivity index (χ2n) is 7.50. The van der Waals surface area contributed by atoms with E-state index < -0.39 is 0 Å². The highest BCUT2D eigenvalue weighted by atomic mass is 15.3. The Kier molecular flexibility index (Phi) is 3.45. The van der Waals surface area contributed by atoms with Gasteiger partial charge in [0.15, 0.2) is 11.5 Å². The molecule has 25 heavy (non-hydrogen) atoms. The molecule has 0 radical (unpaired) electrons. The highest BCUT2D eigenvalue weighted by molar-refractivity contribution is 5.89. The lowest BCUT2D eigenvalue weighted by atomic mass is 9.97. The standard InChI is InChI=1S/C18H21N7/c1-11-13-8-12(9-20-17(13)25(24-11)10-18(2,3)4)21-16-15-14(22-23-16)6-5-7-19-15/h5-9H,10H2,1-4H3,(H2,21,22,23). The van der Waals surface area contributed by atoms with Crippen molar-refractivity contribution in [2.45, 2.75) is 34.2 Å². The van der Waals surface area contributed by atoms with Gasteiger partial charge in [0.1, 0.15) is 5.52 Å². The summed E-state index contributed by atoms with van der Waals surface area (Å²) < 4.78 is 1.99. The maximum absolute atomic E-state index is 4.66. The van der Waals surface area contributed by atoms with Gasteiger partial charge in [-0.25, -0.2) is 9.67 Å². The molecule has 0 bridgehead atoms. The Morgan fingerprint density at radius 1 is 1.24 bits per heavy atom. The number of H-pyrrole nitrogens is 1. The van der Waals surface area contributed by atoms with E-state index in [1.54, 1.807) is 6.20 Å². The fourth-order valence-corrected chi connectivity index (χ4v) is 2.92. The normalized spacial score (nSPS) is 12.2. The summed E-state index contributed by atoms with van der Waals surface area (Å²) in [6, 6.07) is 5.89. The second kappa shape index (κ2) is 5.54. The molecule has 4 heterocycles. The Hall–Kier alpha value is -2.96. The van der Waals surface area contributed by atoms with E-state index in [2.05, 4.69) is 57.4 Å². The minimum absolute atomic E-state index is 0.142. The van der Waals surface area contributed by atoms with Gasteiger partial charge in [0.2, 0.25) is 0 Å². The topological polar surface area (TPSA) is 84.3 Å². The number of hydrogen-bond donors (Lipinski definition) is 2. The van der Waals surface area contributed by atoms with Crippen LogP contribution in [0.4, 0.5) is 11.5 Å². The van der Waals surface area contributed by atoms with E-state index in [0.29, 0.717) is 5.82 Å². The molecule has 0 spiro atoms. The fraction of sp³-hybridized carbons (Fsp3) is 0.333. The first-order chi connectivity index (χ1) is 11.9. The summed E-state index contributed by atoms with van der Waals surface area (Å²) in [5.41, 5.74) is 4.59. The van der Waals surface area contributed by atoms with Crippen molar-refractivity contribution in [3.8, 4) is 0 Å². The summed E-state index contributed by atoms with van der Waals surface area (Å²) in [6.07, 6.45) is 3.57. The number of rotatable bonds is 3. The first-order valence-electron chi connectivity index (χ1n) is 8.30. The van der Waals surface area contributed by atoms with Gasteiger partial charge in [0.25, 0.3) is 0 Å². The van der Waals surface area contributed by atoms with Crippen LogP contribution in [0.3, 0.4) is 0 Å². The van der Waals surface area contributed by atoms with Crippen LogP contribution in [-0.4, -0.2) is 29.9 Å². The molecule has 0 fully saturated rings. The highest BCUT2D eigenvalue weighted by Crippen LogP contribution is 2.26. The van der Waals surface area contributed by atoms with Gasteiger partial charge in [0.05, 0.1) is 23.1 Å².